The van der Waals surface area contributed by atoms with Gasteiger partial charge < -0.3 is 14.8 Å². The predicted molar refractivity (Wildman–Crippen MR) is 59.5 cm³/mol. The average molecular weight is 207 g/mol. The molecule has 0 unspecified atom stereocenters. The molecule has 82 valence electrons. The second-order valence-corrected chi connectivity index (χ2v) is 3.74. The van der Waals surface area contributed by atoms with Gasteiger partial charge >= 0.3 is 0 Å². The van der Waals surface area contributed by atoms with Crippen LogP contribution in [0.25, 0.3) is 0 Å². The number of piperidine rings is 1. The van der Waals surface area contributed by atoms with Crippen LogP contribution < -0.4 is 14.8 Å². The standard InChI is InChI=1S/C12H17NO2/c1-14-11-6-2-3-7-12(11)15-10-5-4-8-13-9-10/h2-3,6-7,10,13H,4-5,8-9H2,1H3/t10-/m0/s1. The first-order chi connectivity index (χ1) is 7.40. The molecular weight excluding hydrogens is 190 g/mol. The number of nitrogens with one attached hydrogen (secondary N) is 1. The van der Waals surface area contributed by atoms with Crippen LogP contribution in [0, 0.1) is 0 Å². The maximum atomic E-state index is 5.89. The van der Waals surface area contributed by atoms with E-state index in [1.165, 1.54) is 6.42 Å². The minimum Gasteiger partial charge on any atom is -0.493 e. The van der Waals surface area contributed by atoms with Gasteiger partial charge in [-0.15, -0.1) is 0 Å². The van der Waals surface area contributed by atoms with E-state index in [9.17, 15) is 0 Å². The van der Waals surface area contributed by atoms with Gasteiger partial charge in [0.05, 0.1) is 7.11 Å². The molecule has 2 rings (SSSR count). The molecular formula is C12H17NO2. The predicted octanol–water partition coefficient (Wildman–Crippen LogP) is 1.83. The molecule has 1 atom stereocenters. The van der Waals surface area contributed by atoms with Crippen LogP contribution in [-0.4, -0.2) is 26.3 Å². The largest absolute Gasteiger partial charge is 0.493 e. The van der Waals surface area contributed by atoms with E-state index in [4.69, 9.17) is 9.47 Å². The van der Waals surface area contributed by atoms with Gasteiger partial charge in [-0.3, -0.25) is 0 Å². The first-order valence-electron chi connectivity index (χ1n) is 5.40. The van der Waals surface area contributed by atoms with Crippen LogP contribution in [0.15, 0.2) is 24.3 Å². The van der Waals surface area contributed by atoms with Crippen molar-refractivity contribution in [3.63, 3.8) is 0 Å². The molecule has 1 fully saturated rings. The molecule has 0 aliphatic carbocycles. The molecule has 0 amide bonds. The van der Waals surface area contributed by atoms with E-state index in [1.807, 2.05) is 24.3 Å². The highest BCUT2D eigenvalue weighted by Gasteiger charge is 2.15. The summed E-state index contributed by atoms with van der Waals surface area (Å²) in [6.45, 7) is 2.03. The number of para-hydroxylation sites is 2. The van der Waals surface area contributed by atoms with Crippen LogP contribution in [0.2, 0.25) is 0 Å². The van der Waals surface area contributed by atoms with Crippen molar-refractivity contribution in [2.75, 3.05) is 20.2 Å². The molecule has 1 N–H and O–H groups in total. The third-order valence-electron chi connectivity index (χ3n) is 2.61. The summed E-state index contributed by atoms with van der Waals surface area (Å²) in [5.41, 5.74) is 0. The second kappa shape index (κ2) is 5.03. The second-order valence-electron chi connectivity index (χ2n) is 3.74. The zero-order valence-corrected chi connectivity index (χ0v) is 9.03. The fourth-order valence-electron chi connectivity index (χ4n) is 1.82. The summed E-state index contributed by atoms with van der Waals surface area (Å²) in [6.07, 6.45) is 2.57. The van der Waals surface area contributed by atoms with Crippen molar-refractivity contribution in [2.24, 2.45) is 0 Å². The average Bonchev–Trinajstić information content (AvgIpc) is 2.31. The first kappa shape index (κ1) is 10.3. The van der Waals surface area contributed by atoms with Crippen LogP contribution in [0.4, 0.5) is 0 Å². The van der Waals surface area contributed by atoms with Crippen LogP contribution >= 0.6 is 0 Å². The highest BCUT2D eigenvalue weighted by atomic mass is 16.5. The van der Waals surface area contributed by atoms with Crippen LogP contribution in [0.1, 0.15) is 12.8 Å². The molecule has 0 spiro atoms. The lowest BCUT2D eigenvalue weighted by Crippen LogP contribution is -2.37. The molecule has 0 radical (unpaired) electrons. The number of methoxy groups -OCH3 is 1. The summed E-state index contributed by atoms with van der Waals surface area (Å²) < 4.78 is 11.1. The van der Waals surface area contributed by atoms with E-state index in [0.29, 0.717) is 0 Å². The molecule has 15 heavy (non-hydrogen) atoms. The van der Waals surface area contributed by atoms with E-state index in [-0.39, 0.29) is 6.10 Å². The van der Waals surface area contributed by atoms with Crippen molar-refractivity contribution in [3.8, 4) is 11.5 Å². The van der Waals surface area contributed by atoms with Gasteiger partial charge in [-0.25, -0.2) is 0 Å². The Morgan fingerprint density at radius 2 is 2.07 bits per heavy atom. The Morgan fingerprint density at radius 3 is 2.73 bits per heavy atom. The molecule has 1 saturated heterocycles. The smallest absolute Gasteiger partial charge is 0.161 e. The topological polar surface area (TPSA) is 30.5 Å². The van der Waals surface area contributed by atoms with Gasteiger partial charge in [-0.1, -0.05) is 12.1 Å². The molecule has 0 aromatic heterocycles. The van der Waals surface area contributed by atoms with Crippen molar-refractivity contribution in [2.45, 2.75) is 18.9 Å². The van der Waals surface area contributed by atoms with Gasteiger partial charge in [0.2, 0.25) is 0 Å². The van der Waals surface area contributed by atoms with Gasteiger partial charge in [0.25, 0.3) is 0 Å². The fraction of sp³-hybridized carbons (Fsp3) is 0.500. The minimum absolute atomic E-state index is 0.273. The van der Waals surface area contributed by atoms with Gasteiger partial charge in [0, 0.05) is 6.54 Å². The molecule has 1 aromatic carbocycles. The van der Waals surface area contributed by atoms with Crippen LogP contribution in [-0.2, 0) is 0 Å². The Hall–Kier alpha value is -1.22. The molecule has 1 aliphatic rings. The number of hydrogen-bond donors (Lipinski definition) is 1. The summed E-state index contributed by atoms with van der Waals surface area (Å²) in [7, 11) is 1.67. The van der Waals surface area contributed by atoms with Gasteiger partial charge in [-0.2, -0.15) is 0 Å². The molecule has 0 bridgehead atoms. The lowest BCUT2D eigenvalue weighted by Gasteiger charge is -2.24. The maximum Gasteiger partial charge on any atom is 0.161 e. The van der Waals surface area contributed by atoms with Gasteiger partial charge in [0.1, 0.15) is 6.10 Å². The summed E-state index contributed by atoms with van der Waals surface area (Å²) in [4.78, 5) is 0. The highest BCUT2D eigenvalue weighted by Crippen LogP contribution is 2.27. The third kappa shape index (κ3) is 2.63. The Bertz CT molecular complexity index is 308. The van der Waals surface area contributed by atoms with Crippen molar-refractivity contribution in [3.05, 3.63) is 24.3 Å². The Labute approximate surface area is 90.4 Å². The van der Waals surface area contributed by atoms with Crippen molar-refractivity contribution in [1.82, 2.24) is 5.32 Å². The van der Waals surface area contributed by atoms with E-state index >= 15 is 0 Å². The van der Waals surface area contributed by atoms with Crippen molar-refractivity contribution < 1.29 is 9.47 Å². The van der Waals surface area contributed by atoms with Crippen molar-refractivity contribution in [1.29, 1.82) is 0 Å². The molecule has 1 aromatic rings. The monoisotopic (exact) mass is 207 g/mol. The molecule has 1 aliphatic heterocycles. The van der Waals surface area contributed by atoms with Gasteiger partial charge in [-0.05, 0) is 31.5 Å². The van der Waals surface area contributed by atoms with Crippen LogP contribution in [0.3, 0.4) is 0 Å². The molecule has 1 heterocycles. The summed E-state index contributed by atoms with van der Waals surface area (Å²) >= 11 is 0. The van der Waals surface area contributed by atoms with E-state index < -0.39 is 0 Å². The first-order valence-corrected chi connectivity index (χ1v) is 5.40. The third-order valence-corrected chi connectivity index (χ3v) is 2.61. The maximum absolute atomic E-state index is 5.89. The zero-order chi connectivity index (χ0) is 10.5. The minimum atomic E-state index is 0.273. The lowest BCUT2D eigenvalue weighted by atomic mass is 10.1. The summed E-state index contributed by atoms with van der Waals surface area (Å²) in [5, 5.41) is 3.33. The Balaban J connectivity index is 2.02. The molecule has 0 saturated carbocycles. The Morgan fingerprint density at radius 1 is 1.27 bits per heavy atom. The Kier molecular flexibility index (Phi) is 3.45. The number of rotatable bonds is 3. The van der Waals surface area contributed by atoms with Crippen molar-refractivity contribution >= 4 is 0 Å². The SMILES string of the molecule is COc1ccccc1O[C@H]1CCCNC1. The zero-order valence-electron chi connectivity index (χ0n) is 9.03. The van der Waals surface area contributed by atoms with E-state index in [2.05, 4.69) is 5.32 Å². The van der Waals surface area contributed by atoms with E-state index in [0.717, 1.165) is 31.0 Å². The number of hydrogen-bond acceptors (Lipinski definition) is 3. The van der Waals surface area contributed by atoms with E-state index in [1.54, 1.807) is 7.11 Å². The molecule has 3 heteroatoms. The fourth-order valence-corrected chi connectivity index (χ4v) is 1.82. The quantitative estimate of drug-likeness (QED) is 0.820. The number of ether oxygens (including phenoxy) is 2. The number of benzene rings is 1. The molecule has 3 nitrogen and oxygen atoms in total. The normalized spacial score (nSPS) is 21.0. The highest BCUT2D eigenvalue weighted by molar-refractivity contribution is 5.39. The van der Waals surface area contributed by atoms with Gasteiger partial charge in [0.15, 0.2) is 11.5 Å². The summed E-state index contributed by atoms with van der Waals surface area (Å²) in [6, 6.07) is 7.79. The van der Waals surface area contributed by atoms with Crippen LogP contribution in [0.5, 0.6) is 11.5 Å². The summed E-state index contributed by atoms with van der Waals surface area (Å²) in [5.74, 6) is 1.65. The lowest BCUT2D eigenvalue weighted by molar-refractivity contribution is 0.161.